The standard InChI is InChI=1S/C21H18N4O2/c1-14-6-11-19-22-20(15-7-9-18(27-2)10-8-15)21(25(19)13-14)24-23-16-4-3-5-17(26)12-16/h3-13,26H,1-2H3. The predicted octanol–water partition coefficient (Wildman–Crippen LogP) is 5.44. The summed E-state index contributed by atoms with van der Waals surface area (Å²) >= 11 is 0. The fourth-order valence-corrected chi connectivity index (χ4v) is 2.84. The first kappa shape index (κ1) is 16.8. The molecule has 0 spiro atoms. The Bertz CT molecular complexity index is 1130. The number of aromatic hydroxyl groups is 1. The number of ether oxygens (including phenoxy) is 1. The van der Waals surface area contributed by atoms with Crippen molar-refractivity contribution in [1.29, 1.82) is 0 Å². The lowest BCUT2D eigenvalue weighted by Gasteiger charge is -2.02. The molecule has 0 aliphatic rings. The zero-order valence-corrected chi connectivity index (χ0v) is 15.0. The molecule has 0 bridgehead atoms. The number of hydrogen-bond donors (Lipinski definition) is 1. The number of pyridine rings is 1. The fraction of sp³-hybridized carbons (Fsp3) is 0.0952. The summed E-state index contributed by atoms with van der Waals surface area (Å²) in [6, 6.07) is 18.3. The molecule has 6 heteroatoms. The van der Waals surface area contributed by atoms with Crippen molar-refractivity contribution in [3.05, 3.63) is 72.4 Å². The van der Waals surface area contributed by atoms with Gasteiger partial charge in [0.2, 0.25) is 0 Å². The number of methoxy groups -OCH3 is 1. The molecule has 1 N–H and O–H groups in total. The Labute approximate surface area is 156 Å². The first-order valence-electron chi connectivity index (χ1n) is 8.48. The monoisotopic (exact) mass is 358 g/mol. The van der Waals surface area contributed by atoms with Crippen LogP contribution in [0.2, 0.25) is 0 Å². The van der Waals surface area contributed by atoms with Crippen molar-refractivity contribution in [3.8, 4) is 22.8 Å². The molecule has 0 aliphatic heterocycles. The zero-order chi connectivity index (χ0) is 18.8. The molecule has 27 heavy (non-hydrogen) atoms. The summed E-state index contributed by atoms with van der Waals surface area (Å²) in [7, 11) is 1.64. The van der Waals surface area contributed by atoms with Crippen molar-refractivity contribution in [2.75, 3.05) is 7.11 Å². The van der Waals surface area contributed by atoms with Crippen molar-refractivity contribution >= 4 is 17.2 Å². The van der Waals surface area contributed by atoms with Crippen molar-refractivity contribution < 1.29 is 9.84 Å². The summed E-state index contributed by atoms with van der Waals surface area (Å²) in [4.78, 5) is 4.73. The van der Waals surface area contributed by atoms with E-state index in [1.807, 2.05) is 53.9 Å². The summed E-state index contributed by atoms with van der Waals surface area (Å²) in [5.74, 6) is 1.55. The Kier molecular flexibility index (Phi) is 4.30. The van der Waals surface area contributed by atoms with Crippen LogP contribution in [-0.2, 0) is 0 Å². The van der Waals surface area contributed by atoms with Gasteiger partial charge < -0.3 is 9.84 Å². The highest BCUT2D eigenvalue weighted by atomic mass is 16.5. The van der Waals surface area contributed by atoms with Crippen LogP contribution < -0.4 is 4.74 Å². The van der Waals surface area contributed by atoms with Crippen molar-refractivity contribution in [2.45, 2.75) is 6.92 Å². The van der Waals surface area contributed by atoms with Gasteiger partial charge in [0.05, 0.1) is 12.8 Å². The van der Waals surface area contributed by atoms with Crippen LogP contribution in [0.4, 0.5) is 11.5 Å². The number of rotatable bonds is 4. The highest BCUT2D eigenvalue weighted by molar-refractivity contribution is 5.75. The van der Waals surface area contributed by atoms with E-state index in [0.29, 0.717) is 11.5 Å². The van der Waals surface area contributed by atoms with E-state index in [9.17, 15) is 5.11 Å². The summed E-state index contributed by atoms with van der Waals surface area (Å²) in [6.45, 7) is 2.02. The van der Waals surface area contributed by atoms with Crippen LogP contribution >= 0.6 is 0 Å². The summed E-state index contributed by atoms with van der Waals surface area (Å²) in [5.41, 5.74) is 4.10. The highest BCUT2D eigenvalue weighted by Crippen LogP contribution is 2.33. The molecule has 0 unspecified atom stereocenters. The molecule has 2 aromatic heterocycles. The fourth-order valence-electron chi connectivity index (χ4n) is 2.84. The average Bonchev–Trinajstić information content (AvgIpc) is 3.04. The second-order valence-electron chi connectivity index (χ2n) is 6.17. The molecular formula is C21H18N4O2. The number of aryl methyl sites for hydroxylation is 1. The minimum absolute atomic E-state index is 0.149. The van der Waals surface area contributed by atoms with Crippen LogP contribution in [-0.4, -0.2) is 21.6 Å². The van der Waals surface area contributed by atoms with Gasteiger partial charge in [0.1, 0.15) is 22.8 Å². The van der Waals surface area contributed by atoms with Gasteiger partial charge in [-0.25, -0.2) is 4.98 Å². The number of aromatic nitrogens is 2. The van der Waals surface area contributed by atoms with E-state index in [1.54, 1.807) is 31.4 Å². The van der Waals surface area contributed by atoms with Crippen LogP contribution in [0.15, 0.2) is 77.1 Å². The zero-order valence-electron chi connectivity index (χ0n) is 15.0. The van der Waals surface area contributed by atoms with E-state index < -0.39 is 0 Å². The van der Waals surface area contributed by atoms with Crippen LogP contribution in [0.3, 0.4) is 0 Å². The molecule has 0 atom stereocenters. The molecule has 0 saturated carbocycles. The molecule has 134 valence electrons. The molecule has 0 saturated heterocycles. The Hall–Kier alpha value is -3.67. The van der Waals surface area contributed by atoms with E-state index in [0.717, 1.165) is 28.2 Å². The topological polar surface area (TPSA) is 71.5 Å². The largest absolute Gasteiger partial charge is 0.508 e. The average molecular weight is 358 g/mol. The number of hydrogen-bond acceptors (Lipinski definition) is 5. The normalized spacial score (nSPS) is 11.3. The quantitative estimate of drug-likeness (QED) is 0.494. The third-order valence-corrected chi connectivity index (χ3v) is 4.19. The summed E-state index contributed by atoms with van der Waals surface area (Å²) in [5, 5.41) is 18.4. The number of benzene rings is 2. The van der Waals surface area contributed by atoms with E-state index in [4.69, 9.17) is 9.72 Å². The van der Waals surface area contributed by atoms with Gasteiger partial charge in [-0.15, -0.1) is 10.2 Å². The van der Waals surface area contributed by atoms with Crippen LogP contribution in [0, 0.1) is 6.92 Å². The molecule has 0 radical (unpaired) electrons. The Morgan fingerprint density at radius 3 is 2.56 bits per heavy atom. The van der Waals surface area contributed by atoms with Gasteiger partial charge in [-0.3, -0.25) is 4.40 Å². The SMILES string of the molecule is COc1ccc(-c2nc3ccc(C)cn3c2N=Nc2cccc(O)c2)cc1. The number of azo groups is 1. The second-order valence-corrected chi connectivity index (χ2v) is 6.17. The maximum absolute atomic E-state index is 9.63. The maximum Gasteiger partial charge on any atom is 0.187 e. The minimum atomic E-state index is 0.149. The molecule has 0 amide bonds. The number of phenols is 1. The summed E-state index contributed by atoms with van der Waals surface area (Å²) < 4.78 is 7.15. The molecule has 6 nitrogen and oxygen atoms in total. The van der Waals surface area contributed by atoms with Gasteiger partial charge in [0, 0.05) is 17.8 Å². The lowest BCUT2D eigenvalue weighted by molar-refractivity contribution is 0.415. The second kappa shape index (κ2) is 6.92. The first-order chi connectivity index (χ1) is 13.1. The van der Waals surface area contributed by atoms with Gasteiger partial charge in [0.25, 0.3) is 0 Å². The van der Waals surface area contributed by atoms with E-state index in [1.165, 1.54) is 0 Å². The third-order valence-electron chi connectivity index (χ3n) is 4.19. The van der Waals surface area contributed by atoms with Crippen molar-refractivity contribution in [1.82, 2.24) is 9.38 Å². The molecule has 0 fully saturated rings. The van der Waals surface area contributed by atoms with Gasteiger partial charge >= 0.3 is 0 Å². The molecular weight excluding hydrogens is 340 g/mol. The lowest BCUT2D eigenvalue weighted by atomic mass is 10.1. The maximum atomic E-state index is 9.63. The van der Waals surface area contributed by atoms with Crippen LogP contribution in [0.1, 0.15) is 5.56 Å². The summed E-state index contributed by atoms with van der Waals surface area (Å²) in [6.07, 6.45) is 1.98. The van der Waals surface area contributed by atoms with Gasteiger partial charge in [0.15, 0.2) is 5.82 Å². The van der Waals surface area contributed by atoms with E-state index >= 15 is 0 Å². The van der Waals surface area contributed by atoms with Crippen LogP contribution in [0.5, 0.6) is 11.5 Å². The van der Waals surface area contributed by atoms with Gasteiger partial charge in [-0.2, -0.15) is 0 Å². The van der Waals surface area contributed by atoms with Crippen molar-refractivity contribution in [3.63, 3.8) is 0 Å². The predicted molar refractivity (Wildman–Crippen MR) is 104 cm³/mol. The molecule has 2 heterocycles. The third kappa shape index (κ3) is 3.37. The molecule has 0 aliphatic carbocycles. The first-order valence-corrected chi connectivity index (χ1v) is 8.48. The van der Waals surface area contributed by atoms with Gasteiger partial charge in [-0.1, -0.05) is 12.1 Å². The highest BCUT2D eigenvalue weighted by Gasteiger charge is 2.14. The minimum Gasteiger partial charge on any atom is -0.508 e. The van der Waals surface area contributed by atoms with Gasteiger partial charge in [-0.05, 0) is 55.0 Å². The van der Waals surface area contributed by atoms with E-state index in [-0.39, 0.29) is 5.75 Å². The molecule has 2 aromatic carbocycles. The number of imidazole rings is 1. The van der Waals surface area contributed by atoms with Crippen molar-refractivity contribution in [2.24, 2.45) is 10.2 Å². The molecule has 4 rings (SSSR count). The number of nitrogens with zero attached hydrogens (tertiary/aromatic N) is 4. The Morgan fingerprint density at radius 2 is 1.81 bits per heavy atom. The van der Waals surface area contributed by atoms with Crippen LogP contribution in [0.25, 0.3) is 16.9 Å². The Balaban J connectivity index is 1.86. The smallest absolute Gasteiger partial charge is 0.187 e. The number of fused-ring (bicyclic) bond motifs is 1. The molecule has 4 aromatic rings. The lowest BCUT2D eigenvalue weighted by Crippen LogP contribution is -1.85. The number of phenolic OH excluding ortho intramolecular Hbond substituents is 1. The Morgan fingerprint density at radius 1 is 1.00 bits per heavy atom. The van der Waals surface area contributed by atoms with E-state index in [2.05, 4.69) is 10.2 Å².